The van der Waals surface area contributed by atoms with Crippen molar-refractivity contribution in [3.05, 3.63) is 64.0 Å². The smallest absolute Gasteiger partial charge is 0.283 e. The van der Waals surface area contributed by atoms with E-state index in [4.69, 9.17) is 5.73 Å². The second-order valence-electron chi connectivity index (χ2n) is 7.04. The Morgan fingerprint density at radius 3 is 2.61 bits per heavy atom. The average molecular weight is 438 g/mol. The molecule has 0 unspecified atom stereocenters. The molecule has 1 saturated carbocycles. The van der Waals surface area contributed by atoms with Crippen LogP contribution in [0.25, 0.3) is 11.4 Å². The zero-order valence-electron chi connectivity index (χ0n) is 16.2. The minimum absolute atomic E-state index is 0.0375. The molecule has 0 radical (unpaired) electrons. The van der Waals surface area contributed by atoms with Crippen LogP contribution < -0.4 is 11.1 Å². The lowest BCUT2D eigenvalue weighted by atomic mass is 10.2. The number of carbonyl (C=O) groups excluding carboxylic acids is 2. The van der Waals surface area contributed by atoms with Gasteiger partial charge in [-0.3, -0.25) is 24.8 Å². The van der Waals surface area contributed by atoms with Crippen LogP contribution in [0.3, 0.4) is 0 Å². The van der Waals surface area contributed by atoms with Crippen LogP contribution in [0.1, 0.15) is 34.9 Å². The number of nitrogens with one attached hydrogen (secondary N) is 2. The first kappa shape index (κ1) is 20.5. The van der Waals surface area contributed by atoms with Gasteiger partial charge in [0.1, 0.15) is 5.82 Å². The van der Waals surface area contributed by atoms with Gasteiger partial charge in [0.05, 0.1) is 15.6 Å². The molecule has 158 valence electrons. The minimum atomic E-state index is -0.755. The summed E-state index contributed by atoms with van der Waals surface area (Å²) in [6.07, 6.45) is 2.27. The maximum absolute atomic E-state index is 12.3. The molecule has 0 aliphatic heterocycles. The Hall–Kier alpha value is -3.73. The van der Waals surface area contributed by atoms with Crippen LogP contribution in [0.5, 0.6) is 0 Å². The fourth-order valence-corrected chi connectivity index (χ4v) is 3.73. The van der Waals surface area contributed by atoms with Gasteiger partial charge >= 0.3 is 0 Å². The number of amides is 2. The number of benzene rings is 2. The molecule has 31 heavy (non-hydrogen) atoms. The Bertz CT molecular complexity index is 1160. The van der Waals surface area contributed by atoms with E-state index in [-0.39, 0.29) is 27.8 Å². The summed E-state index contributed by atoms with van der Waals surface area (Å²) in [7, 11) is 0. The largest absolute Gasteiger partial charge is 0.366 e. The van der Waals surface area contributed by atoms with Crippen LogP contribution in [-0.4, -0.2) is 37.7 Å². The molecular formula is C20H18N6O4S. The van der Waals surface area contributed by atoms with Crippen LogP contribution in [0.4, 0.5) is 11.4 Å². The lowest BCUT2D eigenvalue weighted by Crippen LogP contribution is -2.14. The minimum Gasteiger partial charge on any atom is -0.366 e. The van der Waals surface area contributed by atoms with Gasteiger partial charge in [-0.15, -0.1) is 11.8 Å². The number of primary amides is 1. The molecule has 3 aromatic rings. The first-order valence-electron chi connectivity index (χ1n) is 9.44. The summed E-state index contributed by atoms with van der Waals surface area (Å²) in [6.45, 7) is 0. The number of anilines is 1. The van der Waals surface area contributed by atoms with E-state index in [9.17, 15) is 19.7 Å². The summed E-state index contributed by atoms with van der Waals surface area (Å²) in [6, 6.07) is 11.0. The quantitative estimate of drug-likeness (QED) is 0.277. The summed E-state index contributed by atoms with van der Waals surface area (Å²) >= 11 is 1.00. The van der Waals surface area contributed by atoms with E-state index in [2.05, 4.69) is 20.5 Å². The number of aromatic amines is 1. The normalized spacial score (nSPS) is 13.0. The predicted molar refractivity (Wildman–Crippen MR) is 115 cm³/mol. The van der Waals surface area contributed by atoms with E-state index in [0.29, 0.717) is 17.4 Å². The summed E-state index contributed by atoms with van der Waals surface area (Å²) in [5.41, 5.74) is 6.36. The van der Waals surface area contributed by atoms with Crippen molar-refractivity contribution in [2.24, 2.45) is 5.73 Å². The van der Waals surface area contributed by atoms with Crippen LogP contribution in [0.2, 0.25) is 0 Å². The Morgan fingerprint density at radius 1 is 1.23 bits per heavy atom. The van der Waals surface area contributed by atoms with E-state index in [1.807, 2.05) is 12.1 Å². The molecule has 1 aliphatic rings. The number of nitrogens with zero attached hydrogens (tertiary/aromatic N) is 3. The van der Waals surface area contributed by atoms with Crippen molar-refractivity contribution in [3.63, 3.8) is 0 Å². The number of nitro groups is 1. The number of rotatable bonds is 8. The van der Waals surface area contributed by atoms with Crippen molar-refractivity contribution in [1.82, 2.24) is 15.2 Å². The monoisotopic (exact) mass is 438 g/mol. The van der Waals surface area contributed by atoms with Crippen molar-refractivity contribution >= 4 is 35.0 Å². The van der Waals surface area contributed by atoms with Crippen molar-refractivity contribution in [3.8, 4) is 11.4 Å². The molecule has 0 atom stereocenters. The third-order valence-electron chi connectivity index (χ3n) is 4.69. The molecule has 2 amide bonds. The van der Waals surface area contributed by atoms with Gasteiger partial charge in [-0.25, -0.2) is 4.98 Å². The molecule has 10 nitrogen and oxygen atoms in total. The highest BCUT2D eigenvalue weighted by Crippen LogP contribution is 2.38. The number of carbonyl (C=O) groups is 2. The standard InChI is InChI=1S/C20H18N6O4S/c21-18(28)13-5-8-16(15(9-13)26(29)30)31-10-17(27)22-14-6-3-12(4-7-14)20-23-19(24-25-20)11-1-2-11/h3-9,11H,1-2,10H2,(H2,21,28)(H,22,27)(H,23,24,25). The van der Waals surface area contributed by atoms with Gasteiger partial charge in [0.25, 0.3) is 5.69 Å². The average Bonchev–Trinajstić information content (AvgIpc) is 3.49. The predicted octanol–water partition coefficient (Wildman–Crippen LogP) is 3.09. The number of nitro benzene ring substituents is 1. The fourth-order valence-electron chi connectivity index (χ4n) is 2.92. The topological polar surface area (TPSA) is 157 Å². The Morgan fingerprint density at radius 2 is 1.97 bits per heavy atom. The summed E-state index contributed by atoms with van der Waals surface area (Å²) in [4.78, 5) is 38.9. The molecular weight excluding hydrogens is 420 g/mol. The lowest BCUT2D eigenvalue weighted by Gasteiger charge is -2.07. The zero-order valence-corrected chi connectivity index (χ0v) is 17.0. The zero-order chi connectivity index (χ0) is 22.0. The highest BCUT2D eigenvalue weighted by atomic mass is 32.2. The van der Waals surface area contributed by atoms with Gasteiger partial charge in [-0.1, -0.05) is 0 Å². The summed E-state index contributed by atoms with van der Waals surface area (Å²) in [5.74, 6) is 0.892. The molecule has 11 heteroatoms. The maximum atomic E-state index is 12.3. The van der Waals surface area contributed by atoms with E-state index in [1.54, 1.807) is 12.1 Å². The summed E-state index contributed by atoms with van der Waals surface area (Å²) < 4.78 is 0. The van der Waals surface area contributed by atoms with Crippen LogP contribution in [0, 0.1) is 10.1 Å². The number of thioether (sulfide) groups is 1. The molecule has 1 fully saturated rings. The number of hydrogen-bond acceptors (Lipinski definition) is 7. The maximum Gasteiger partial charge on any atom is 0.283 e. The number of nitrogens with two attached hydrogens (primary N) is 1. The molecule has 4 rings (SSSR count). The van der Waals surface area contributed by atoms with E-state index >= 15 is 0 Å². The van der Waals surface area contributed by atoms with E-state index in [1.165, 1.54) is 12.1 Å². The first-order chi connectivity index (χ1) is 14.9. The first-order valence-corrected chi connectivity index (χ1v) is 10.4. The summed E-state index contributed by atoms with van der Waals surface area (Å²) in [5, 5.41) is 21.2. The molecule has 0 saturated heterocycles. The molecule has 1 aromatic heterocycles. The van der Waals surface area contributed by atoms with Crippen molar-refractivity contribution in [1.29, 1.82) is 0 Å². The van der Waals surface area contributed by atoms with Gasteiger partial charge < -0.3 is 11.1 Å². The van der Waals surface area contributed by atoms with Gasteiger partial charge in [0, 0.05) is 28.8 Å². The van der Waals surface area contributed by atoms with E-state index < -0.39 is 10.8 Å². The molecule has 0 bridgehead atoms. The molecule has 0 spiro atoms. The van der Waals surface area contributed by atoms with Crippen molar-refractivity contribution in [2.45, 2.75) is 23.7 Å². The van der Waals surface area contributed by atoms with Gasteiger partial charge in [0.15, 0.2) is 5.82 Å². The SMILES string of the molecule is NC(=O)c1ccc(SCC(=O)Nc2ccc(-c3n[nH]c(C4CC4)n3)cc2)c([N+](=O)[O-])c1. The third kappa shape index (κ3) is 4.89. The fraction of sp³-hybridized carbons (Fsp3) is 0.200. The van der Waals surface area contributed by atoms with Gasteiger partial charge in [-0.05, 0) is 49.2 Å². The highest BCUT2D eigenvalue weighted by Gasteiger charge is 2.27. The Kier molecular flexibility index (Phi) is 5.67. The second kappa shape index (κ2) is 8.56. The van der Waals surface area contributed by atoms with Crippen molar-refractivity contribution in [2.75, 3.05) is 11.1 Å². The van der Waals surface area contributed by atoms with Crippen LogP contribution in [-0.2, 0) is 4.79 Å². The Labute approximate surface area is 180 Å². The number of aromatic nitrogens is 3. The van der Waals surface area contributed by atoms with Gasteiger partial charge in [0.2, 0.25) is 11.8 Å². The number of hydrogen-bond donors (Lipinski definition) is 3. The molecule has 1 heterocycles. The van der Waals surface area contributed by atoms with Crippen LogP contribution >= 0.6 is 11.8 Å². The third-order valence-corrected chi connectivity index (χ3v) is 5.76. The lowest BCUT2D eigenvalue weighted by molar-refractivity contribution is -0.387. The Balaban J connectivity index is 1.36. The van der Waals surface area contributed by atoms with Gasteiger partial charge in [-0.2, -0.15) is 5.10 Å². The molecule has 4 N–H and O–H groups in total. The highest BCUT2D eigenvalue weighted by molar-refractivity contribution is 8.00. The molecule has 2 aromatic carbocycles. The van der Waals surface area contributed by atoms with E-state index in [0.717, 1.165) is 42.1 Å². The molecule has 1 aliphatic carbocycles. The number of H-pyrrole nitrogens is 1. The van der Waals surface area contributed by atoms with Crippen molar-refractivity contribution < 1.29 is 14.5 Å². The second-order valence-corrected chi connectivity index (χ2v) is 8.05. The van der Waals surface area contributed by atoms with Crippen LogP contribution in [0.15, 0.2) is 47.4 Å².